The predicted octanol–water partition coefficient (Wildman–Crippen LogP) is 2.63. The Morgan fingerprint density at radius 2 is 2.15 bits per heavy atom. The van der Waals surface area contributed by atoms with Crippen molar-refractivity contribution in [2.24, 2.45) is 0 Å². The highest BCUT2D eigenvalue weighted by Gasteiger charge is 2.27. The number of carbonyl (C=O) groups is 1. The summed E-state index contributed by atoms with van der Waals surface area (Å²) in [5.41, 5.74) is 1.64. The number of rotatable bonds is 6. The minimum Gasteiger partial charge on any atom is -0.489 e. The van der Waals surface area contributed by atoms with Crippen LogP contribution in [0.1, 0.15) is 26.7 Å². The van der Waals surface area contributed by atoms with E-state index in [2.05, 4.69) is 10.6 Å². The third-order valence-corrected chi connectivity index (χ3v) is 3.12. The number of hydrogen-bond donors (Lipinski definition) is 2. The van der Waals surface area contributed by atoms with Crippen LogP contribution in [0, 0.1) is 0 Å². The lowest BCUT2D eigenvalue weighted by atomic mass is 10.1. The van der Waals surface area contributed by atoms with Gasteiger partial charge in [-0.25, -0.2) is 0 Å². The van der Waals surface area contributed by atoms with Gasteiger partial charge in [0, 0.05) is 13.7 Å². The second kappa shape index (κ2) is 6.61. The Labute approximate surface area is 119 Å². The molecule has 0 aliphatic carbocycles. The van der Waals surface area contributed by atoms with Gasteiger partial charge in [-0.1, -0.05) is 6.07 Å². The maximum atomic E-state index is 12.1. The first-order valence-electron chi connectivity index (χ1n) is 6.98. The summed E-state index contributed by atoms with van der Waals surface area (Å²) in [6.45, 7) is 4.59. The van der Waals surface area contributed by atoms with Crippen LogP contribution in [0.3, 0.4) is 0 Å². The number of carbonyl (C=O) groups excluding carboxylic acids is 1. The van der Waals surface area contributed by atoms with Crippen molar-refractivity contribution in [1.82, 2.24) is 0 Å². The van der Waals surface area contributed by atoms with E-state index in [4.69, 9.17) is 9.47 Å². The Kier molecular flexibility index (Phi) is 4.84. The average Bonchev–Trinajstić information content (AvgIpc) is 2.40. The molecule has 5 nitrogen and oxygen atoms in total. The quantitative estimate of drug-likeness (QED) is 0.785. The largest absolute Gasteiger partial charge is 0.489 e. The molecule has 0 bridgehead atoms. The molecule has 0 spiro atoms. The molecule has 1 aliphatic heterocycles. The minimum absolute atomic E-state index is 0.0200. The van der Waals surface area contributed by atoms with Crippen molar-refractivity contribution in [2.45, 2.75) is 38.8 Å². The van der Waals surface area contributed by atoms with Crippen LogP contribution < -0.4 is 15.4 Å². The topological polar surface area (TPSA) is 59.6 Å². The van der Waals surface area contributed by atoms with Gasteiger partial charge in [0.1, 0.15) is 17.5 Å². The summed E-state index contributed by atoms with van der Waals surface area (Å²) >= 11 is 0. The molecule has 0 saturated heterocycles. The molecule has 1 aromatic carbocycles. The second-order valence-electron chi connectivity index (χ2n) is 5.17. The minimum atomic E-state index is -0.216. The van der Waals surface area contributed by atoms with E-state index in [9.17, 15) is 4.79 Å². The molecule has 0 fully saturated rings. The van der Waals surface area contributed by atoms with Crippen molar-refractivity contribution in [1.29, 1.82) is 0 Å². The normalized spacial score (nSPS) is 17.4. The third kappa shape index (κ3) is 3.42. The molecule has 0 aromatic heterocycles. The number of nitrogens with one attached hydrogen (secondary N) is 2. The number of hydrogen-bond acceptors (Lipinski definition) is 4. The Morgan fingerprint density at radius 1 is 1.35 bits per heavy atom. The van der Waals surface area contributed by atoms with E-state index < -0.39 is 0 Å². The summed E-state index contributed by atoms with van der Waals surface area (Å²) in [7, 11) is 1.67. The lowest BCUT2D eigenvalue weighted by molar-refractivity contribution is -0.117. The molecule has 110 valence electrons. The molecule has 1 heterocycles. The van der Waals surface area contributed by atoms with E-state index in [1.54, 1.807) is 7.11 Å². The fourth-order valence-corrected chi connectivity index (χ4v) is 2.23. The summed E-state index contributed by atoms with van der Waals surface area (Å²) in [4.78, 5) is 12.1. The number of methoxy groups -OCH3 is 1. The van der Waals surface area contributed by atoms with Crippen molar-refractivity contribution < 1.29 is 14.3 Å². The highest BCUT2D eigenvalue weighted by atomic mass is 16.5. The SMILES string of the molecule is COCCCC1Nc2cccc(OC(C)C)c2NC1=O. The van der Waals surface area contributed by atoms with E-state index in [0.717, 1.165) is 24.2 Å². The average molecular weight is 278 g/mol. The summed E-state index contributed by atoms with van der Waals surface area (Å²) < 4.78 is 10.7. The van der Waals surface area contributed by atoms with Gasteiger partial charge in [-0.2, -0.15) is 0 Å². The van der Waals surface area contributed by atoms with Crippen molar-refractivity contribution in [3.63, 3.8) is 0 Å². The zero-order valence-corrected chi connectivity index (χ0v) is 12.2. The van der Waals surface area contributed by atoms with Crippen molar-refractivity contribution in [3.05, 3.63) is 18.2 Å². The number of anilines is 2. The second-order valence-corrected chi connectivity index (χ2v) is 5.17. The number of amides is 1. The number of benzene rings is 1. The van der Waals surface area contributed by atoms with Crippen LogP contribution in [0.2, 0.25) is 0 Å². The zero-order valence-electron chi connectivity index (χ0n) is 12.2. The lowest BCUT2D eigenvalue weighted by Gasteiger charge is -2.28. The third-order valence-electron chi connectivity index (χ3n) is 3.12. The van der Waals surface area contributed by atoms with Gasteiger partial charge >= 0.3 is 0 Å². The van der Waals surface area contributed by atoms with E-state index in [1.165, 1.54) is 0 Å². The predicted molar refractivity (Wildman–Crippen MR) is 79.4 cm³/mol. The fraction of sp³-hybridized carbons (Fsp3) is 0.533. The fourth-order valence-electron chi connectivity index (χ4n) is 2.23. The molecule has 2 rings (SSSR count). The monoisotopic (exact) mass is 278 g/mol. The lowest BCUT2D eigenvalue weighted by Crippen LogP contribution is -2.39. The van der Waals surface area contributed by atoms with Crippen LogP contribution in [-0.2, 0) is 9.53 Å². The standard InChI is InChI=1S/C15H22N2O3/c1-10(2)20-13-8-4-6-11-14(13)17-15(18)12(16-11)7-5-9-19-3/h4,6,8,10,12,16H,5,7,9H2,1-3H3,(H,17,18). The van der Waals surface area contributed by atoms with Gasteiger partial charge in [-0.05, 0) is 38.8 Å². The molecule has 1 amide bonds. The molecule has 1 unspecified atom stereocenters. The Bertz CT molecular complexity index is 474. The molecule has 0 saturated carbocycles. The van der Waals surface area contributed by atoms with Crippen LogP contribution in [0.4, 0.5) is 11.4 Å². The summed E-state index contributed by atoms with van der Waals surface area (Å²) in [5.74, 6) is 0.683. The molecule has 5 heteroatoms. The van der Waals surface area contributed by atoms with Gasteiger partial charge < -0.3 is 20.1 Å². The molecule has 1 atom stereocenters. The molecule has 1 aliphatic rings. The Balaban J connectivity index is 2.12. The van der Waals surface area contributed by atoms with Crippen LogP contribution in [0.5, 0.6) is 5.75 Å². The van der Waals surface area contributed by atoms with E-state index in [0.29, 0.717) is 12.4 Å². The first-order valence-corrected chi connectivity index (χ1v) is 6.98. The van der Waals surface area contributed by atoms with E-state index >= 15 is 0 Å². The number of para-hydroxylation sites is 1. The molecule has 1 aromatic rings. The van der Waals surface area contributed by atoms with E-state index in [-0.39, 0.29) is 18.1 Å². The van der Waals surface area contributed by atoms with Crippen LogP contribution in [-0.4, -0.2) is 31.8 Å². The molecule has 20 heavy (non-hydrogen) atoms. The van der Waals surface area contributed by atoms with Gasteiger partial charge in [-0.3, -0.25) is 4.79 Å². The number of ether oxygens (including phenoxy) is 2. The van der Waals surface area contributed by atoms with Crippen molar-refractivity contribution >= 4 is 17.3 Å². The maximum absolute atomic E-state index is 12.1. The van der Waals surface area contributed by atoms with Gasteiger partial charge in [0.25, 0.3) is 0 Å². The van der Waals surface area contributed by atoms with Crippen molar-refractivity contribution in [2.75, 3.05) is 24.4 Å². The van der Waals surface area contributed by atoms with Gasteiger partial charge in [0.2, 0.25) is 5.91 Å². The summed E-state index contributed by atoms with van der Waals surface area (Å²) in [6.07, 6.45) is 1.66. The zero-order chi connectivity index (χ0) is 14.5. The van der Waals surface area contributed by atoms with Gasteiger partial charge in [0.15, 0.2) is 0 Å². The Hall–Kier alpha value is -1.75. The molecule has 2 N–H and O–H groups in total. The summed E-state index contributed by atoms with van der Waals surface area (Å²) in [6, 6.07) is 5.52. The molecular formula is C15H22N2O3. The Morgan fingerprint density at radius 3 is 2.85 bits per heavy atom. The van der Waals surface area contributed by atoms with Crippen LogP contribution in [0.25, 0.3) is 0 Å². The first kappa shape index (κ1) is 14.7. The first-order chi connectivity index (χ1) is 9.61. The van der Waals surface area contributed by atoms with Gasteiger partial charge in [-0.15, -0.1) is 0 Å². The van der Waals surface area contributed by atoms with Crippen LogP contribution >= 0.6 is 0 Å². The number of fused-ring (bicyclic) bond motifs is 1. The van der Waals surface area contributed by atoms with Gasteiger partial charge in [0.05, 0.1) is 11.8 Å². The van der Waals surface area contributed by atoms with E-state index in [1.807, 2.05) is 32.0 Å². The smallest absolute Gasteiger partial charge is 0.247 e. The molecule has 0 radical (unpaired) electrons. The van der Waals surface area contributed by atoms with Crippen molar-refractivity contribution in [3.8, 4) is 5.75 Å². The highest BCUT2D eigenvalue weighted by molar-refractivity contribution is 6.04. The maximum Gasteiger partial charge on any atom is 0.247 e. The summed E-state index contributed by atoms with van der Waals surface area (Å²) in [5, 5.41) is 6.22. The van der Waals surface area contributed by atoms with Crippen LogP contribution in [0.15, 0.2) is 18.2 Å². The highest BCUT2D eigenvalue weighted by Crippen LogP contribution is 2.36. The molecular weight excluding hydrogens is 256 g/mol.